The standard InChI is InChI=1S/C13H16N4/c1-2-6-14-8-4-5-9-16-11-13-17-12-10-15-7-3-1/h1-13,15-17H. The summed E-state index contributed by atoms with van der Waals surface area (Å²) < 4.78 is 0. The first kappa shape index (κ1) is 12.6. The zero-order chi connectivity index (χ0) is 12.0. The van der Waals surface area contributed by atoms with Crippen LogP contribution in [0.25, 0.3) is 0 Å². The molecular formula is C13H16N4. The van der Waals surface area contributed by atoms with E-state index in [1.807, 2.05) is 42.8 Å². The van der Waals surface area contributed by atoms with Gasteiger partial charge in [-0.25, -0.2) is 0 Å². The molecule has 0 unspecified atom stereocenters. The Morgan fingerprint density at radius 1 is 0.529 bits per heavy atom. The van der Waals surface area contributed by atoms with Gasteiger partial charge in [-0.1, -0.05) is 6.08 Å². The average Bonchev–Trinajstić information content (AvgIpc) is 2.35. The molecule has 0 aliphatic carbocycles. The van der Waals surface area contributed by atoms with Crippen molar-refractivity contribution in [1.82, 2.24) is 16.0 Å². The van der Waals surface area contributed by atoms with Gasteiger partial charge in [0.1, 0.15) is 0 Å². The molecule has 1 aliphatic rings. The third-order valence-corrected chi connectivity index (χ3v) is 1.61. The highest BCUT2D eigenvalue weighted by atomic mass is 14.9. The molecule has 0 spiro atoms. The van der Waals surface area contributed by atoms with Gasteiger partial charge in [0.05, 0.1) is 0 Å². The van der Waals surface area contributed by atoms with Crippen LogP contribution in [0.4, 0.5) is 0 Å². The van der Waals surface area contributed by atoms with Crippen LogP contribution in [0, 0.1) is 0 Å². The summed E-state index contributed by atoms with van der Waals surface area (Å²) in [5, 5.41) is 8.91. The molecule has 0 atom stereocenters. The van der Waals surface area contributed by atoms with Crippen molar-refractivity contribution in [2.45, 2.75) is 0 Å². The number of hydrogen-bond acceptors (Lipinski definition) is 4. The summed E-state index contributed by atoms with van der Waals surface area (Å²) in [5.41, 5.74) is 0. The van der Waals surface area contributed by atoms with E-state index in [2.05, 4.69) is 20.9 Å². The molecule has 0 radical (unpaired) electrons. The van der Waals surface area contributed by atoms with E-state index < -0.39 is 0 Å². The lowest BCUT2D eigenvalue weighted by atomic mass is 10.5. The van der Waals surface area contributed by atoms with E-state index >= 15 is 0 Å². The fourth-order valence-electron chi connectivity index (χ4n) is 0.894. The molecule has 0 aromatic rings. The number of nitrogens with one attached hydrogen (secondary N) is 3. The normalized spacial score (nSPS) is 16.0. The number of allylic oxidation sites excluding steroid dienone is 5. The van der Waals surface area contributed by atoms with E-state index in [9.17, 15) is 0 Å². The van der Waals surface area contributed by atoms with Crippen LogP contribution < -0.4 is 16.0 Å². The first-order valence-corrected chi connectivity index (χ1v) is 5.25. The number of nitrogens with zero attached hydrogens (tertiary/aromatic N) is 1. The van der Waals surface area contributed by atoms with Gasteiger partial charge in [-0.2, -0.15) is 0 Å². The predicted molar refractivity (Wildman–Crippen MR) is 72.7 cm³/mol. The minimum Gasteiger partial charge on any atom is -0.366 e. The maximum absolute atomic E-state index is 4.05. The summed E-state index contributed by atoms with van der Waals surface area (Å²) in [7, 11) is 0. The van der Waals surface area contributed by atoms with Gasteiger partial charge in [-0.05, 0) is 24.3 Å². The lowest BCUT2D eigenvalue weighted by Gasteiger charge is -1.91. The predicted octanol–water partition coefficient (Wildman–Crippen LogP) is 1.88. The Morgan fingerprint density at radius 2 is 1.12 bits per heavy atom. The molecule has 0 fully saturated rings. The van der Waals surface area contributed by atoms with Gasteiger partial charge in [0.15, 0.2) is 0 Å². The maximum Gasteiger partial charge on any atom is 0.0268 e. The number of aliphatic imine (C=N–C) groups is 1. The molecule has 1 heterocycles. The Kier molecular flexibility index (Phi) is 7.43. The summed E-state index contributed by atoms with van der Waals surface area (Å²) in [6, 6.07) is 0. The molecule has 1 rings (SSSR count). The zero-order valence-electron chi connectivity index (χ0n) is 9.45. The Labute approximate surface area is 102 Å². The van der Waals surface area contributed by atoms with Crippen molar-refractivity contribution in [3.63, 3.8) is 0 Å². The lowest BCUT2D eigenvalue weighted by molar-refractivity contribution is 1.08. The SMILES string of the molecule is C1=CC=NC=CC=CNC=CNC=CNC=C1. The second-order valence-corrected chi connectivity index (χ2v) is 2.91. The minimum atomic E-state index is 1.71. The number of hydrogen-bond donors (Lipinski definition) is 3. The monoisotopic (exact) mass is 228 g/mol. The molecule has 4 nitrogen and oxygen atoms in total. The summed E-state index contributed by atoms with van der Waals surface area (Å²) >= 11 is 0. The Bertz CT molecular complexity index is 348. The summed E-state index contributed by atoms with van der Waals surface area (Å²) in [5.74, 6) is 0. The van der Waals surface area contributed by atoms with Gasteiger partial charge in [-0.15, -0.1) is 0 Å². The number of rotatable bonds is 0. The van der Waals surface area contributed by atoms with Crippen molar-refractivity contribution in [3.05, 3.63) is 73.8 Å². The molecule has 3 N–H and O–H groups in total. The van der Waals surface area contributed by atoms with Gasteiger partial charge in [0, 0.05) is 49.6 Å². The first-order chi connectivity index (χ1) is 8.50. The third kappa shape index (κ3) is 8.50. The van der Waals surface area contributed by atoms with Gasteiger partial charge in [0.25, 0.3) is 0 Å². The van der Waals surface area contributed by atoms with Crippen LogP contribution >= 0.6 is 0 Å². The van der Waals surface area contributed by atoms with E-state index in [-0.39, 0.29) is 0 Å². The van der Waals surface area contributed by atoms with Gasteiger partial charge in [0.2, 0.25) is 0 Å². The van der Waals surface area contributed by atoms with Crippen LogP contribution in [0.1, 0.15) is 0 Å². The van der Waals surface area contributed by atoms with Crippen molar-refractivity contribution in [1.29, 1.82) is 0 Å². The molecule has 0 aromatic carbocycles. The van der Waals surface area contributed by atoms with Crippen LogP contribution in [0.5, 0.6) is 0 Å². The first-order valence-electron chi connectivity index (χ1n) is 5.25. The van der Waals surface area contributed by atoms with E-state index in [0.29, 0.717) is 0 Å². The molecule has 0 amide bonds. The molecule has 0 aromatic heterocycles. The zero-order valence-corrected chi connectivity index (χ0v) is 9.45. The average molecular weight is 228 g/mol. The summed E-state index contributed by atoms with van der Waals surface area (Å²) in [4.78, 5) is 4.05. The Morgan fingerprint density at radius 3 is 1.82 bits per heavy atom. The highest BCUT2D eigenvalue weighted by Gasteiger charge is 1.69. The second kappa shape index (κ2) is 10.0. The Hall–Kier alpha value is -2.49. The third-order valence-electron chi connectivity index (χ3n) is 1.61. The summed E-state index contributed by atoms with van der Waals surface area (Å²) in [6.07, 6.45) is 23.5. The Balaban J connectivity index is 2.53. The highest BCUT2D eigenvalue weighted by Crippen LogP contribution is 1.79. The van der Waals surface area contributed by atoms with E-state index in [1.54, 1.807) is 37.2 Å². The smallest absolute Gasteiger partial charge is 0.0268 e. The largest absolute Gasteiger partial charge is 0.366 e. The van der Waals surface area contributed by atoms with Crippen LogP contribution in [0.3, 0.4) is 0 Å². The lowest BCUT2D eigenvalue weighted by Crippen LogP contribution is -2.00. The van der Waals surface area contributed by atoms with Gasteiger partial charge in [-0.3, -0.25) is 4.99 Å². The molecule has 88 valence electrons. The highest BCUT2D eigenvalue weighted by molar-refractivity contribution is 5.72. The molecule has 4 heteroatoms. The van der Waals surface area contributed by atoms with Crippen molar-refractivity contribution in [2.75, 3.05) is 0 Å². The van der Waals surface area contributed by atoms with Crippen LogP contribution in [-0.2, 0) is 0 Å². The molecule has 0 saturated carbocycles. The van der Waals surface area contributed by atoms with Gasteiger partial charge < -0.3 is 16.0 Å². The van der Waals surface area contributed by atoms with Crippen LogP contribution in [0.15, 0.2) is 78.8 Å². The second-order valence-electron chi connectivity index (χ2n) is 2.91. The van der Waals surface area contributed by atoms with Crippen LogP contribution in [0.2, 0.25) is 0 Å². The maximum atomic E-state index is 4.05. The van der Waals surface area contributed by atoms with E-state index in [1.165, 1.54) is 0 Å². The molecule has 0 bridgehead atoms. The molecule has 17 heavy (non-hydrogen) atoms. The minimum absolute atomic E-state index is 1.71. The molecule has 0 saturated heterocycles. The fraction of sp³-hybridized carbons (Fsp3) is 0. The topological polar surface area (TPSA) is 48.5 Å². The van der Waals surface area contributed by atoms with Crippen molar-refractivity contribution < 1.29 is 0 Å². The quantitative estimate of drug-likeness (QED) is 0.593. The van der Waals surface area contributed by atoms with Crippen molar-refractivity contribution in [3.8, 4) is 0 Å². The van der Waals surface area contributed by atoms with Crippen molar-refractivity contribution in [2.24, 2.45) is 4.99 Å². The fourth-order valence-corrected chi connectivity index (χ4v) is 0.894. The summed E-state index contributed by atoms with van der Waals surface area (Å²) in [6.45, 7) is 0. The van der Waals surface area contributed by atoms with Crippen molar-refractivity contribution >= 4 is 6.21 Å². The molecule has 1 aliphatic heterocycles. The van der Waals surface area contributed by atoms with E-state index in [0.717, 1.165) is 0 Å². The van der Waals surface area contributed by atoms with Gasteiger partial charge >= 0.3 is 0 Å². The van der Waals surface area contributed by atoms with Crippen LogP contribution in [-0.4, -0.2) is 6.21 Å². The van der Waals surface area contributed by atoms with E-state index in [4.69, 9.17) is 0 Å². The molecular weight excluding hydrogens is 212 g/mol.